The van der Waals surface area contributed by atoms with Crippen LogP contribution in [-0.2, 0) is 14.3 Å². The molecule has 1 unspecified atom stereocenters. The zero-order chi connectivity index (χ0) is 9.94. The molecule has 0 aromatic carbocycles. The summed E-state index contributed by atoms with van der Waals surface area (Å²) in [7, 11) is 0. The van der Waals surface area contributed by atoms with Crippen LogP contribution in [0.4, 0.5) is 13.2 Å². The standard InChI is InChI=1S/C6H7F3O3/c1-3(6(7,8)9)5(11)12-4(2)10/h3H,1-2H3. The Hall–Kier alpha value is -1.07. The summed E-state index contributed by atoms with van der Waals surface area (Å²) in [6.45, 7) is 1.49. The molecule has 0 radical (unpaired) electrons. The molecule has 0 aliphatic heterocycles. The third kappa shape index (κ3) is 3.36. The van der Waals surface area contributed by atoms with E-state index < -0.39 is 24.0 Å². The molecule has 0 aliphatic carbocycles. The quantitative estimate of drug-likeness (QED) is 0.455. The summed E-state index contributed by atoms with van der Waals surface area (Å²) in [5, 5.41) is 0. The fourth-order valence-electron chi connectivity index (χ4n) is 0.364. The maximum Gasteiger partial charge on any atom is 0.401 e. The smallest absolute Gasteiger partial charge is 0.393 e. The lowest BCUT2D eigenvalue weighted by Gasteiger charge is -2.12. The molecular formula is C6H7F3O3. The van der Waals surface area contributed by atoms with Gasteiger partial charge in [0.05, 0.1) is 0 Å². The minimum atomic E-state index is -4.66. The van der Waals surface area contributed by atoms with Crippen LogP contribution in [0.15, 0.2) is 0 Å². The highest BCUT2D eigenvalue weighted by molar-refractivity contribution is 5.85. The lowest BCUT2D eigenvalue weighted by molar-refractivity contribution is -0.195. The zero-order valence-electron chi connectivity index (χ0n) is 6.44. The zero-order valence-corrected chi connectivity index (χ0v) is 6.44. The second-order valence-electron chi connectivity index (χ2n) is 2.18. The summed E-state index contributed by atoms with van der Waals surface area (Å²) in [4.78, 5) is 20.5. The predicted molar refractivity (Wildman–Crippen MR) is 32.0 cm³/mol. The molecule has 0 bridgehead atoms. The minimum Gasteiger partial charge on any atom is -0.393 e. The molecule has 70 valence electrons. The SMILES string of the molecule is CC(=O)OC(=O)C(C)C(F)(F)F. The van der Waals surface area contributed by atoms with E-state index in [9.17, 15) is 22.8 Å². The van der Waals surface area contributed by atoms with Crippen molar-refractivity contribution in [1.82, 2.24) is 0 Å². The van der Waals surface area contributed by atoms with Gasteiger partial charge in [-0.1, -0.05) is 0 Å². The molecule has 0 aliphatic rings. The van der Waals surface area contributed by atoms with E-state index in [0.29, 0.717) is 6.92 Å². The van der Waals surface area contributed by atoms with Crippen LogP contribution in [0.25, 0.3) is 0 Å². The first-order valence-corrected chi connectivity index (χ1v) is 3.04. The highest BCUT2D eigenvalue weighted by Crippen LogP contribution is 2.26. The Balaban J connectivity index is 4.21. The van der Waals surface area contributed by atoms with Crippen LogP contribution < -0.4 is 0 Å². The Morgan fingerprint density at radius 2 is 1.75 bits per heavy atom. The van der Waals surface area contributed by atoms with Crippen LogP contribution in [0.5, 0.6) is 0 Å². The Kier molecular flexibility index (Phi) is 3.24. The molecule has 0 rings (SSSR count). The molecule has 0 amide bonds. The topological polar surface area (TPSA) is 43.4 Å². The van der Waals surface area contributed by atoms with Crippen molar-refractivity contribution in [1.29, 1.82) is 0 Å². The van der Waals surface area contributed by atoms with Crippen LogP contribution in [-0.4, -0.2) is 18.1 Å². The lowest BCUT2D eigenvalue weighted by atomic mass is 10.2. The third-order valence-corrected chi connectivity index (χ3v) is 1.09. The molecule has 0 spiro atoms. The average Bonchev–Trinajstić information content (AvgIpc) is 1.82. The van der Waals surface area contributed by atoms with Crippen molar-refractivity contribution in [3.8, 4) is 0 Å². The highest BCUT2D eigenvalue weighted by Gasteiger charge is 2.42. The molecule has 0 aromatic rings. The second kappa shape index (κ2) is 3.55. The maximum atomic E-state index is 11.7. The number of carbonyl (C=O) groups excluding carboxylic acids is 2. The number of carbonyl (C=O) groups is 2. The van der Waals surface area contributed by atoms with Crippen molar-refractivity contribution in [3.05, 3.63) is 0 Å². The summed E-state index contributed by atoms with van der Waals surface area (Å²) in [5.74, 6) is -4.88. The number of ether oxygens (including phenoxy) is 1. The van der Waals surface area contributed by atoms with Gasteiger partial charge < -0.3 is 4.74 Å². The molecule has 0 saturated heterocycles. The maximum absolute atomic E-state index is 11.7. The molecule has 1 atom stereocenters. The van der Waals surface area contributed by atoms with E-state index in [1.807, 2.05) is 0 Å². The number of hydrogen-bond donors (Lipinski definition) is 0. The fourth-order valence-corrected chi connectivity index (χ4v) is 0.364. The van der Waals surface area contributed by atoms with E-state index in [0.717, 1.165) is 6.92 Å². The summed E-state index contributed by atoms with van der Waals surface area (Å²) in [6, 6.07) is 0. The predicted octanol–water partition coefficient (Wildman–Crippen LogP) is 1.27. The van der Waals surface area contributed by atoms with Crippen LogP contribution in [0.3, 0.4) is 0 Å². The van der Waals surface area contributed by atoms with Crippen molar-refractivity contribution in [2.75, 3.05) is 0 Å². The average molecular weight is 184 g/mol. The van der Waals surface area contributed by atoms with Gasteiger partial charge in [-0.2, -0.15) is 13.2 Å². The first kappa shape index (κ1) is 10.9. The van der Waals surface area contributed by atoms with Gasteiger partial charge in [0.25, 0.3) is 0 Å². The Morgan fingerprint density at radius 3 is 2.00 bits per heavy atom. The van der Waals surface area contributed by atoms with Crippen LogP contribution in [0.2, 0.25) is 0 Å². The third-order valence-electron chi connectivity index (χ3n) is 1.09. The van der Waals surface area contributed by atoms with Crippen LogP contribution >= 0.6 is 0 Å². The number of hydrogen-bond acceptors (Lipinski definition) is 3. The van der Waals surface area contributed by atoms with Crippen molar-refractivity contribution >= 4 is 11.9 Å². The van der Waals surface area contributed by atoms with Gasteiger partial charge in [0.2, 0.25) is 0 Å². The lowest BCUT2D eigenvalue weighted by Crippen LogP contribution is -2.30. The summed E-state index contributed by atoms with van der Waals surface area (Å²) < 4.78 is 39.0. The Morgan fingerprint density at radius 1 is 1.33 bits per heavy atom. The summed E-state index contributed by atoms with van der Waals surface area (Å²) >= 11 is 0. The monoisotopic (exact) mass is 184 g/mol. The molecule has 0 aromatic heterocycles. The van der Waals surface area contributed by atoms with E-state index in [1.165, 1.54) is 0 Å². The van der Waals surface area contributed by atoms with E-state index in [4.69, 9.17) is 0 Å². The Labute approximate surface area is 66.5 Å². The number of alkyl halides is 3. The normalized spacial score (nSPS) is 13.8. The number of esters is 2. The van der Waals surface area contributed by atoms with E-state index in [1.54, 1.807) is 0 Å². The van der Waals surface area contributed by atoms with Crippen molar-refractivity contribution in [2.45, 2.75) is 20.0 Å². The second-order valence-corrected chi connectivity index (χ2v) is 2.18. The van der Waals surface area contributed by atoms with Gasteiger partial charge in [-0.15, -0.1) is 0 Å². The molecule has 0 fully saturated rings. The first-order chi connectivity index (χ1) is 5.25. The van der Waals surface area contributed by atoms with E-state index in [2.05, 4.69) is 4.74 Å². The van der Waals surface area contributed by atoms with Gasteiger partial charge in [-0.25, -0.2) is 0 Å². The van der Waals surface area contributed by atoms with E-state index in [-0.39, 0.29) is 0 Å². The number of halogens is 3. The van der Waals surface area contributed by atoms with Gasteiger partial charge in [-0.05, 0) is 6.92 Å². The Bertz CT molecular complexity index is 197. The first-order valence-electron chi connectivity index (χ1n) is 3.04. The van der Waals surface area contributed by atoms with Gasteiger partial charge in [-0.3, -0.25) is 9.59 Å². The fraction of sp³-hybridized carbons (Fsp3) is 0.667. The van der Waals surface area contributed by atoms with Gasteiger partial charge >= 0.3 is 18.1 Å². The van der Waals surface area contributed by atoms with Gasteiger partial charge in [0.1, 0.15) is 5.92 Å². The molecule has 0 saturated carbocycles. The van der Waals surface area contributed by atoms with Gasteiger partial charge in [0, 0.05) is 6.92 Å². The largest absolute Gasteiger partial charge is 0.401 e. The summed E-state index contributed by atoms with van der Waals surface area (Å²) in [6.07, 6.45) is -4.66. The number of rotatable bonds is 1. The molecule has 0 heterocycles. The van der Waals surface area contributed by atoms with Crippen LogP contribution in [0, 0.1) is 5.92 Å². The van der Waals surface area contributed by atoms with E-state index >= 15 is 0 Å². The molecule has 6 heteroatoms. The molecule has 12 heavy (non-hydrogen) atoms. The van der Waals surface area contributed by atoms with Crippen molar-refractivity contribution in [2.24, 2.45) is 5.92 Å². The summed E-state index contributed by atoms with van der Waals surface area (Å²) in [5.41, 5.74) is 0. The highest BCUT2D eigenvalue weighted by atomic mass is 19.4. The minimum absolute atomic E-state index is 0.630. The molecule has 3 nitrogen and oxygen atoms in total. The van der Waals surface area contributed by atoms with Gasteiger partial charge in [0.15, 0.2) is 0 Å². The van der Waals surface area contributed by atoms with Crippen molar-refractivity contribution in [3.63, 3.8) is 0 Å². The van der Waals surface area contributed by atoms with Crippen LogP contribution in [0.1, 0.15) is 13.8 Å². The molecule has 0 N–H and O–H groups in total. The molecular weight excluding hydrogens is 177 g/mol. The van der Waals surface area contributed by atoms with Crippen molar-refractivity contribution < 1.29 is 27.5 Å².